The van der Waals surface area contributed by atoms with Crippen molar-refractivity contribution in [3.63, 3.8) is 0 Å². The summed E-state index contributed by atoms with van der Waals surface area (Å²) < 4.78 is 12.3. The van der Waals surface area contributed by atoms with E-state index in [-0.39, 0.29) is 17.2 Å². The summed E-state index contributed by atoms with van der Waals surface area (Å²) >= 11 is 7.16. The molecule has 0 spiro atoms. The number of hydrogen-bond acceptors (Lipinski definition) is 7. The fourth-order valence-electron chi connectivity index (χ4n) is 3.41. The third-order valence-electron chi connectivity index (χ3n) is 5.05. The van der Waals surface area contributed by atoms with Crippen LogP contribution in [0.1, 0.15) is 12.5 Å². The topological polar surface area (TPSA) is 94.8 Å². The molecule has 10 heteroatoms. The summed E-state index contributed by atoms with van der Waals surface area (Å²) in [6.07, 6.45) is 1.51. The molecule has 0 saturated heterocycles. The van der Waals surface area contributed by atoms with Crippen molar-refractivity contribution in [1.82, 2.24) is 15.0 Å². The van der Waals surface area contributed by atoms with E-state index in [0.29, 0.717) is 44.9 Å². The van der Waals surface area contributed by atoms with E-state index >= 15 is 0 Å². The third kappa shape index (κ3) is 5.87. The molecule has 0 aliphatic carbocycles. The lowest BCUT2D eigenvalue weighted by Gasteiger charge is -2.13. The number of hydrazone groups is 1. The van der Waals surface area contributed by atoms with Gasteiger partial charge in [-0.15, -0.1) is 0 Å². The van der Waals surface area contributed by atoms with Gasteiger partial charge in [0.15, 0.2) is 16.7 Å². The minimum atomic E-state index is -0.348. The third-order valence-corrected chi connectivity index (χ3v) is 6.24. The summed E-state index contributed by atoms with van der Waals surface area (Å²) in [5, 5.41) is 5.45. The van der Waals surface area contributed by atoms with E-state index in [1.165, 1.54) is 10.8 Å². The predicted octanol–water partition coefficient (Wildman–Crippen LogP) is 4.69. The molecule has 184 valence electrons. The first-order valence-electron chi connectivity index (χ1n) is 11.0. The van der Waals surface area contributed by atoms with Crippen molar-refractivity contribution in [1.29, 1.82) is 0 Å². The van der Waals surface area contributed by atoms with Crippen LogP contribution in [0.15, 0.2) is 81.8 Å². The van der Waals surface area contributed by atoms with E-state index in [0.717, 1.165) is 17.3 Å². The second-order valence-corrected chi connectivity index (χ2v) is 8.83. The molecule has 0 unspecified atom stereocenters. The molecule has 0 radical (unpaired) electrons. The Balaban J connectivity index is 1.50. The van der Waals surface area contributed by atoms with E-state index in [1.807, 2.05) is 19.1 Å². The summed E-state index contributed by atoms with van der Waals surface area (Å²) in [5.41, 5.74) is 4.16. The Kier molecular flexibility index (Phi) is 8.24. The molecule has 0 atom stereocenters. The number of ether oxygens (including phenoxy) is 2. The van der Waals surface area contributed by atoms with E-state index in [2.05, 4.69) is 15.5 Å². The molecule has 4 aromatic rings. The van der Waals surface area contributed by atoms with Gasteiger partial charge in [-0.3, -0.25) is 14.2 Å². The minimum absolute atomic E-state index is 0.00229. The SMILES string of the molecule is CCOc1ccc(/C=N\NC(=O)CSc2nc3ccccc3c(=O)n2-c2ccc(Cl)cc2)cc1OC. The van der Waals surface area contributed by atoms with E-state index in [4.69, 9.17) is 21.1 Å². The van der Waals surface area contributed by atoms with Crippen LogP contribution in [0.25, 0.3) is 16.6 Å². The lowest BCUT2D eigenvalue weighted by molar-refractivity contribution is -0.118. The van der Waals surface area contributed by atoms with Gasteiger partial charge in [0.25, 0.3) is 11.5 Å². The Hall–Kier alpha value is -3.82. The number of aromatic nitrogens is 2. The lowest BCUT2D eigenvalue weighted by Crippen LogP contribution is -2.24. The Bertz CT molecular complexity index is 1470. The molecule has 0 aliphatic rings. The molecule has 36 heavy (non-hydrogen) atoms. The smallest absolute Gasteiger partial charge is 0.266 e. The number of amides is 1. The first kappa shape index (κ1) is 25.3. The highest BCUT2D eigenvalue weighted by Gasteiger charge is 2.15. The van der Waals surface area contributed by atoms with Crippen LogP contribution in [-0.4, -0.2) is 41.1 Å². The molecule has 0 saturated carbocycles. The molecule has 8 nitrogen and oxygen atoms in total. The van der Waals surface area contributed by atoms with Crippen molar-refractivity contribution >= 4 is 46.4 Å². The van der Waals surface area contributed by atoms with Crippen LogP contribution in [-0.2, 0) is 4.79 Å². The molecule has 0 bridgehead atoms. The second-order valence-electron chi connectivity index (χ2n) is 7.45. The molecule has 3 aromatic carbocycles. The highest BCUT2D eigenvalue weighted by atomic mass is 35.5. The fraction of sp³-hybridized carbons (Fsp3) is 0.154. The Labute approximate surface area is 216 Å². The average Bonchev–Trinajstić information content (AvgIpc) is 2.89. The van der Waals surface area contributed by atoms with Crippen LogP contribution < -0.4 is 20.5 Å². The quantitative estimate of drug-likeness (QED) is 0.148. The summed E-state index contributed by atoms with van der Waals surface area (Å²) in [7, 11) is 1.56. The van der Waals surface area contributed by atoms with Crippen molar-refractivity contribution in [2.24, 2.45) is 5.10 Å². The van der Waals surface area contributed by atoms with Gasteiger partial charge in [0.05, 0.1) is 42.3 Å². The molecule has 4 rings (SSSR count). The number of nitrogens with zero attached hydrogens (tertiary/aromatic N) is 3. The van der Waals surface area contributed by atoms with Crippen molar-refractivity contribution in [2.75, 3.05) is 19.5 Å². The predicted molar refractivity (Wildman–Crippen MR) is 143 cm³/mol. The summed E-state index contributed by atoms with van der Waals surface area (Å²) in [5.74, 6) is 0.860. The number of carbonyl (C=O) groups excluding carboxylic acids is 1. The maximum atomic E-state index is 13.3. The van der Waals surface area contributed by atoms with Gasteiger partial charge in [-0.05, 0) is 67.1 Å². The molecule has 0 aliphatic heterocycles. The average molecular weight is 523 g/mol. The van der Waals surface area contributed by atoms with Crippen molar-refractivity contribution in [2.45, 2.75) is 12.1 Å². The number of methoxy groups -OCH3 is 1. The van der Waals surface area contributed by atoms with Crippen LogP contribution in [0.2, 0.25) is 5.02 Å². The highest BCUT2D eigenvalue weighted by Crippen LogP contribution is 2.27. The van der Waals surface area contributed by atoms with E-state index < -0.39 is 0 Å². The number of rotatable bonds is 9. The summed E-state index contributed by atoms with van der Waals surface area (Å²) in [4.78, 5) is 30.4. The van der Waals surface area contributed by atoms with Gasteiger partial charge in [-0.2, -0.15) is 5.10 Å². The Morgan fingerprint density at radius 2 is 1.92 bits per heavy atom. The number of thioether (sulfide) groups is 1. The minimum Gasteiger partial charge on any atom is -0.493 e. The van der Waals surface area contributed by atoms with Gasteiger partial charge in [0, 0.05) is 5.02 Å². The normalized spacial score (nSPS) is 11.1. The first-order chi connectivity index (χ1) is 17.5. The molecular weight excluding hydrogens is 500 g/mol. The Morgan fingerprint density at radius 1 is 1.14 bits per heavy atom. The van der Waals surface area contributed by atoms with Gasteiger partial charge in [-0.25, -0.2) is 10.4 Å². The van der Waals surface area contributed by atoms with Crippen LogP contribution in [0.4, 0.5) is 0 Å². The molecule has 1 heterocycles. The van der Waals surface area contributed by atoms with Crippen molar-refractivity contribution in [3.8, 4) is 17.2 Å². The molecular formula is C26H23ClN4O4S. The number of para-hydroxylation sites is 1. The first-order valence-corrected chi connectivity index (χ1v) is 12.4. The monoisotopic (exact) mass is 522 g/mol. The number of hydrogen-bond donors (Lipinski definition) is 1. The van der Waals surface area contributed by atoms with Crippen LogP contribution in [0.3, 0.4) is 0 Å². The van der Waals surface area contributed by atoms with E-state index in [9.17, 15) is 9.59 Å². The van der Waals surface area contributed by atoms with Crippen LogP contribution in [0.5, 0.6) is 11.5 Å². The summed E-state index contributed by atoms with van der Waals surface area (Å²) in [6.45, 7) is 2.42. The maximum absolute atomic E-state index is 13.3. The lowest BCUT2D eigenvalue weighted by atomic mass is 10.2. The van der Waals surface area contributed by atoms with Crippen molar-refractivity contribution in [3.05, 3.63) is 87.7 Å². The fourth-order valence-corrected chi connectivity index (χ4v) is 4.34. The molecule has 1 amide bonds. The highest BCUT2D eigenvalue weighted by molar-refractivity contribution is 7.99. The number of halogens is 1. The zero-order valence-corrected chi connectivity index (χ0v) is 21.2. The zero-order valence-electron chi connectivity index (χ0n) is 19.6. The van der Waals surface area contributed by atoms with Gasteiger partial charge < -0.3 is 9.47 Å². The molecule has 0 fully saturated rings. The van der Waals surface area contributed by atoms with Gasteiger partial charge >= 0.3 is 0 Å². The largest absolute Gasteiger partial charge is 0.493 e. The maximum Gasteiger partial charge on any atom is 0.266 e. The number of nitrogens with one attached hydrogen (secondary N) is 1. The van der Waals surface area contributed by atoms with Gasteiger partial charge in [0.1, 0.15) is 0 Å². The van der Waals surface area contributed by atoms with Crippen LogP contribution >= 0.6 is 23.4 Å². The number of benzene rings is 3. The number of carbonyl (C=O) groups is 1. The second kappa shape index (κ2) is 11.7. The molecule has 1 N–H and O–H groups in total. The summed E-state index contributed by atoms with van der Waals surface area (Å²) in [6, 6.07) is 19.3. The number of fused-ring (bicyclic) bond motifs is 1. The Morgan fingerprint density at radius 3 is 2.67 bits per heavy atom. The van der Waals surface area contributed by atoms with Gasteiger partial charge in [-0.1, -0.05) is 35.5 Å². The van der Waals surface area contributed by atoms with E-state index in [1.54, 1.807) is 61.7 Å². The van der Waals surface area contributed by atoms with Crippen molar-refractivity contribution < 1.29 is 14.3 Å². The standard InChI is InChI=1S/C26H23ClN4O4S/c1-3-35-22-13-8-17(14-23(22)34-2)15-28-30-24(32)16-36-26-29-21-7-5-4-6-20(21)25(33)31(26)19-11-9-18(27)10-12-19/h4-15H,3,16H2,1-2H3,(H,30,32)/b28-15-. The van der Waals surface area contributed by atoms with Crippen LogP contribution in [0, 0.1) is 0 Å². The zero-order chi connectivity index (χ0) is 25.5. The van der Waals surface area contributed by atoms with Gasteiger partial charge in [0.2, 0.25) is 0 Å². The molecule has 1 aromatic heterocycles.